The second-order valence-electron chi connectivity index (χ2n) is 3.93. The van der Waals surface area contributed by atoms with Gasteiger partial charge in [-0.1, -0.05) is 17.7 Å². The molecule has 72 valence electrons. The maximum absolute atomic E-state index is 11.3. The molecule has 0 aromatic carbocycles. The zero-order chi connectivity index (χ0) is 9.68. The van der Waals surface area contributed by atoms with Crippen LogP contribution in [-0.4, -0.2) is 5.78 Å². The Kier molecular flexibility index (Phi) is 3.94. The second kappa shape index (κ2) is 5.00. The molecule has 0 fully saturated rings. The molecule has 0 saturated carbocycles. The van der Waals surface area contributed by atoms with Crippen LogP contribution in [0.1, 0.15) is 39.0 Å². The first-order valence-corrected chi connectivity index (χ1v) is 5.00. The third kappa shape index (κ3) is 3.58. The largest absolute Gasteiger partial charge is 0.299 e. The normalized spacial score (nSPS) is 22.2. The van der Waals surface area contributed by atoms with Crippen molar-refractivity contribution in [3.05, 3.63) is 24.3 Å². The molecule has 0 aromatic heterocycles. The summed E-state index contributed by atoms with van der Waals surface area (Å²) in [6, 6.07) is 0. The molecule has 1 unspecified atom stereocenters. The maximum Gasteiger partial charge on any atom is 0.136 e. The number of hydrogen-bond acceptors (Lipinski definition) is 1. The van der Waals surface area contributed by atoms with Crippen molar-refractivity contribution in [1.29, 1.82) is 0 Å². The van der Waals surface area contributed by atoms with E-state index in [0.717, 1.165) is 12.8 Å². The fourth-order valence-electron chi connectivity index (χ4n) is 1.77. The average molecular weight is 178 g/mol. The highest BCUT2D eigenvalue weighted by Gasteiger charge is 2.15. The summed E-state index contributed by atoms with van der Waals surface area (Å²) >= 11 is 0. The van der Waals surface area contributed by atoms with Gasteiger partial charge in [-0.05, 0) is 32.1 Å². The zero-order valence-electron chi connectivity index (χ0n) is 8.38. The van der Waals surface area contributed by atoms with Crippen molar-refractivity contribution < 1.29 is 4.79 Å². The van der Waals surface area contributed by atoms with E-state index in [-0.39, 0.29) is 0 Å². The van der Waals surface area contributed by atoms with Crippen LogP contribution in [0.4, 0.5) is 0 Å². The molecule has 1 aliphatic rings. The molecule has 0 amide bonds. The van der Waals surface area contributed by atoms with Gasteiger partial charge in [-0.2, -0.15) is 0 Å². The number of hydrogen-bond donors (Lipinski definition) is 0. The van der Waals surface area contributed by atoms with Crippen molar-refractivity contribution in [3.8, 4) is 0 Å². The summed E-state index contributed by atoms with van der Waals surface area (Å²) < 4.78 is 0. The number of ketones is 1. The van der Waals surface area contributed by atoms with Crippen molar-refractivity contribution in [2.75, 3.05) is 0 Å². The standard InChI is InChI=1S/C12H18O/c1-3-4-12(13)9-11-7-5-10(2)6-8-11/h3,5,11H,1,4,6-9H2,2H3. The summed E-state index contributed by atoms with van der Waals surface area (Å²) in [5, 5.41) is 0. The van der Waals surface area contributed by atoms with Crippen molar-refractivity contribution in [1.82, 2.24) is 0 Å². The lowest BCUT2D eigenvalue weighted by atomic mass is 9.86. The van der Waals surface area contributed by atoms with E-state index in [0.29, 0.717) is 18.1 Å². The molecule has 1 nitrogen and oxygen atoms in total. The van der Waals surface area contributed by atoms with Gasteiger partial charge in [-0.3, -0.25) is 4.79 Å². The molecule has 1 rings (SSSR count). The van der Waals surface area contributed by atoms with Crippen molar-refractivity contribution >= 4 is 5.78 Å². The average Bonchev–Trinajstić information content (AvgIpc) is 2.09. The van der Waals surface area contributed by atoms with Crippen LogP contribution in [-0.2, 0) is 4.79 Å². The van der Waals surface area contributed by atoms with E-state index in [1.54, 1.807) is 6.08 Å². The molecule has 0 radical (unpaired) electrons. The van der Waals surface area contributed by atoms with E-state index in [1.165, 1.54) is 18.4 Å². The third-order valence-electron chi connectivity index (χ3n) is 2.63. The molecule has 0 heterocycles. The van der Waals surface area contributed by atoms with Crippen molar-refractivity contribution in [2.24, 2.45) is 5.92 Å². The molecule has 0 saturated heterocycles. The van der Waals surface area contributed by atoms with E-state index in [4.69, 9.17) is 0 Å². The summed E-state index contributed by atoms with van der Waals surface area (Å²) in [7, 11) is 0. The van der Waals surface area contributed by atoms with Crippen LogP contribution >= 0.6 is 0 Å². The van der Waals surface area contributed by atoms with Crippen molar-refractivity contribution in [3.63, 3.8) is 0 Å². The highest BCUT2D eigenvalue weighted by molar-refractivity contribution is 5.79. The SMILES string of the molecule is C=CCC(=O)CC1CC=C(C)CC1. The Bertz CT molecular complexity index is 225. The zero-order valence-corrected chi connectivity index (χ0v) is 8.38. The minimum Gasteiger partial charge on any atom is -0.299 e. The summed E-state index contributed by atoms with van der Waals surface area (Å²) in [6.45, 7) is 5.74. The minimum absolute atomic E-state index is 0.341. The molecule has 0 spiro atoms. The molecule has 0 aliphatic heterocycles. The Labute approximate surface area is 80.5 Å². The molecule has 0 bridgehead atoms. The number of rotatable bonds is 4. The first-order chi connectivity index (χ1) is 6.22. The van der Waals surface area contributed by atoms with Gasteiger partial charge >= 0.3 is 0 Å². The Hall–Kier alpha value is -0.850. The van der Waals surface area contributed by atoms with E-state index < -0.39 is 0 Å². The molecule has 1 aliphatic carbocycles. The molecule has 0 N–H and O–H groups in total. The lowest BCUT2D eigenvalue weighted by Crippen LogP contribution is -2.10. The summed E-state index contributed by atoms with van der Waals surface area (Å²) in [6.07, 6.45) is 8.71. The predicted octanol–water partition coefficient (Wildman–Crippen LogP) is 3.27. The first-order valence-electron chi connectivity index (χ1n) is 5.00. The van der Waals surface area contributed by atoms with Gasteiger partial charge in [-0.25, -0.2) is 0 Å². The van der Waals surface area contributed by atoms with Gasteiger partial charge in [0.15, 0.2) is 0 Å². The van der Waals surface area contributed by atoms with Gasteiger partial charge in [0, 0.05) is 12.8 Å². The molecule has 1 atom stereocenters. The molecule has 13 heavy (non-hydrogen) atoms. The van der Waals surface area contributed by atoms with E-state index in [2.05, 4.69) is 19.6 Å². The Morgan fingerprint density at radius 2 is 2.54 bits per heavy atom. The smallest absolute Gasteiger partial charge is 0.136 e. The topological polar surface area (TPSA) is 17.1 Å². The third-order valence-corrected chi connectivity index (χ3v) is 2.63. The van der Waals surface area contributed by atoms with Gasteiger partial charge in [0.2, 0.25) is 0 Å². The monoisotopic (exact) mass is 178 g/mol. The number of allylic oxidation sites excluding steroid dienone is 3. The van der Waals surface area contributed by atoms with Gasteiger partial charge in [0.1, 0.15) is 5.78 Å². The highest BCUT2D eigenvalue weighted by atomic mass is 16.1. The number of carbonyl (C=O) groups excluding carboxylic acids is 1. The van der Waals surface area contributed by atoms with Crippen LogP contribution in [0, 0.1) is 5.92 Å². The minimum atomic E-state index is 0.341. The van der Waals surface area contributed by atoms with Crippen LogP contribution in [0.3, 0.4) is 0 Å². The summed E-state index contributed by atoms with van der Waals surface area (Å²) in [5.74, 6) is 0.934. The lowest BCUT2D eigenvalue weighted by molar-refractivity contribution is -0.119. The summed E-state index contributed by atoms with van der Waals surface area (Å²) in [5.41, 5.74) is 1.48. The van der Waals surface area contributed by atoms with Gasteiger partial charge in [-0.15, -0.1) is 6.58 Å². The first kappa shape index (κ1) is 10.2. The Morgan fingerprint density at radius 3 is 3.08 bits per heavy atom. The van der Waals surface area contributed by atoms with Crippen LogP contribution in [0.25, 0.3) is 0 Å². The molecular weight excluding hydrogens is 160 g/mol. The predicted molar refractivity (Wildman–Crippen MR) is 55.5 cm³/mol. The van der Waals surface area contributed by atoms with Crippen LogP contribution in [0.5, 0.6) is 0 Å². The van der Waals surface area contributed by atoms with E-state index in [1.807, 2.05) is 0 Å². The van der Waals surface area contributed by atoms with E-state index in [9.17, 15) is 4.79 Å². The molecule has 1 heteroatoms. The number of Topliss-reactive ketones (excluding diaryl/α,β-unsaturated/α-hetero) is 1. The van der Waals surface area contributed by atoms with Crippen LogP contribution in [0.15, 0.2) is 24.3 Å². The quantitative estimate of drug-likeness (QED) is 0.604. The molecular formula is C12H18O. The highest BCUT2D eigenvalue weighted by Crippen LogP contribution is 2.26. The number of carbonyl (C=O) groups is 1. The van der Waals surface area contributed by atoms with Gasteiger partial charge < -0.3 is 0 Å². The Balaban J connectivity index is 2.31. The maximum atomic E-state index is 11.3. The lowest BCUT2D eigenvalue weighted by Gasteiger charge is -2.19. The summed E-state index contributed by atoms with van der Waals surface area (Å²) in [4.78, 5) is 11.3. The fraction of sp³-hybridized carbons (Fsp3) is 0.583. The fourth-order valence-corrected chi connectivity index (χ4v) is 1.77. The molecule has 0 aromatic rings. The van der Waals surface area contributed by atoms with Crippen LogP contribution in [0.2, 0.25) is 0 Å². The second-order valence-corrected chi connectivity index (χ2v) is 3.93. The Morgan fingerprint density at radius 1 is 1.77 bits per heavy atom. The van der Waals surface area contributed by atoms with Crippen molar-refractivity contribution in [2.45, 2.75) is 39.0 Å². The van der Waals surface area contributed by atoms with E-state index >= 15 is 0 Å². The van der Waals surface area contributed by atoms with Crippen LogP contribution < -0.4 is 0 Å². The van der Waals surface area contributed by atoms with Gasteiger partial charge in [0.05, 0.1) is 0 Å². The van der Waals surface area contributed by atoms with Gasteiger partial charge in [0.25, 0.3) is 0 Å².